The fourth-order valence-electron chi connectivity index (χ4n) is 5.84. The Bertz CT molecular complexity index is 1010. The van der Waals surface area contributed by atoms with Crippen LogP contribution in [0.5, 0.6) is 0 Å². The van der Waals surface area contributed by atoms with Crippen LogP contribution in [0.15, 0.2) is 23.8 Å². The lowest BCUT2D eigenvalue weighted by Gasteiger charge is -2.43. The zero-order chi connectivity index (χ0) is 31.3. The lowest BCUT2D eigenvalue weighted by molar-refractivity contribution is -0.286. The molecule has 0 saturated carbocycles. The second-order valence-electron chi connectivity index (χ2n) is 11.7. The van der Waals surface area contributed by atoms with Crippen molar-refractivity contribution in [2.24, 2.45) is 23.7 Å². The number of carboxylic acids is 1. The zero-order valence-corrected chi connectivity index (χ0v) is 24.1. The van der Waals surface area contributed by atoms with Gasteiger partial charge in [0.2, 0.25) is 6.29 Å². The first kappa shape index (κ1) is 34.1. The summed E-state index contributed by atoms with van der Waals surface area (Å²) >= 11 is 0. The molecule has 3 aliphatic rings. The van der Waals surface area contributed by atoms with Crippen molar-refractivity contribution in [3.63, 3.8) is 0 Å². The fourth-order valence-corrected chi connectivity index (χ4v) is 5.84. The van der Waals surface area contributed by atoms with Crippen molar-refractivity contribution in [2.75, 3.05) is 0 Å². The molecule has 5 unspecified atom stereocenters. The Morgan fingerprint density at radius 2 is 1.74 bits per heavy atom. The monoisotopic (exact) mass is 600 g/mol. The van der Waals surface area contributed by atoms with Crippen molar-refractivity contribution in [2.45, 2.75) is 114 Å². The maximum Gasteiger partial charge on any atom is 0.335 e. The van der Waals surface area contributed by atoms with E-state index in [4.69, 9.17) is 19.3 Å². The SMILES string of the molecule is CC[C@@H](C)C(=O)O[C@@H]1C[C@@H](O)C=C2C=C[C@@H](C)[C@@H](CC[C@H](O)C[C@H](O)CC(=O)OC3OC(C(=O)O)C(O)C(O)C3O)[C@@H]21. The normalized spacial score (nSPS) is 36.6. The molecule has 0 aromatic heterocycles. The summed E-state index contributed by atoms with van der Waals surface area (Å²) < 4.78 is 15.7. The highest BCUT2D eigenvalue weighted by Crippen LogP contribution is 2.44. The Morgan fingerprint density at radius 1 is 1.05 bits per heavy atom. The van der Waals surface area contributed by atoms with E-state index in [0.29, 0.717) is 12.8 Å². The molecule has 13 heteroatoms. The molecule has 1 fully saturated rings. The lowest BCUT2D eigenvalue weighted by atomic mass is 9.66. The average Bonchev–Trinajstić information content (AvgIpc) is 2.91. The van der Waals surface area contributed by atoms with Gasteiger partial charge in [0.05, 0.1) is 30.7 Å². The number of ether oxygens (including phenoxy) is 3. The molecule has 238 valence electrons. The van der Waals surface area contributed by atoms with Gasteiger partial charge in [-0.1, -0.05) is 39.0 Å². The molecule has 13 atom stereocenters. The van der Waals surface area contributed by atoms with E-state index in [0.717, 1.165) is 5.57 Å². The summed E-state index contributed by atoms with van der Waals surface area (Å²) in [6, 6.07) is 0. The van der Waals surface area contributed by atoms with Crippen molar-refractivity contribution < 1.29 is 64.3 Å². The van der Waals surface area contributed by atoms with Crippen LogP contribution in [0.3, 0.4) is 0 Å². The predicted molar refractivity (Wildman–Crippen MR) is 144 cm³/mol. The largest absolute Gasteiger partial charge is 0.479 e. The number of esters is 2. The van der Waals surface area contributed by atoms with Crippen molar-refractivity contribution in [3.8, 4) is 0 Å². The molecule has 1 heterocycles. The van der Waals surface area contributed by atoms with Gasteiger partial charge in [-0.3, -0.25) is 9.59 Å². The van der Waals surface area contributed by atoms with E-state index < -0.39 is 73.5 Å². The van der Waals surface area contributed by atoms with Gasteiger partial charge in [-0.2, -0.15) is 0 Å². The van der Waals surface area contributed by atoms with Crippen molar-refractivity contribution >= 4 is 17.9 Å². The van der Waals surface area contributed by atoms with Gasteiger partial charge in [-0.05, 0) is 43.1 Å². The molecule has 0 bridgehead atoms. The molecule has 3 rings (SSSR count). The number of carbonyl (C=O) groups is 3. The fraction of sp³-hybridized carbons (Fsp3) is 0.759. The Labute approximate surface area is 244 Å². The minimum Gasteiger partial charge on any atom is -0.479 e. The Balaban J connectivity index is 1.55. The number of aliphatic hydroxyl groups excluding tert-OH is 6. The van der Waals surface area contributed by atoms with Crippen molar-refractivity contribution in [3.05, 3.63) is 23.8 Å². The molecule has 1 saturated heterocycles. The highest BCUT2D eigenvalue weighted by Gasteiger charge is 2.48. The standard InChI is InChI=1S/C29H44O13/c1-4-13(2)28(39)40-20-11-17(31)9-15-6-5-14(3)19(22(15)20)8-7-16(30)10-18(32)12-21(33)41-29-25(36)23(34)24(35)26(42-29)27(37)38/h5-6,9,13-14,16-20,22-26,29-32,34-36H,4,7-8,10-12H2,1-3H3,(H,37,38)/t13-,14-,16+,17+,18+,19-,20-,22-,23?,24?,25?,26?,29?/m1/s1. The van der Waals surface area contributed by atoms with Crippen LogP contribution < -0.4 is 0 Å². The van der Waals surface area contributed by atoms with Gasteiger partial charge in [0.15, 0.2) is 6.10 Å². The summed E-state index contributed by atoms with van der Waals surface area (Å²) in [5.41, 5.74) is 0.881. The number of hydrogen-bond acceptors (Lipinski definition) is 12. The van der Waals surface area contributed by atoms with E-state index in [1.54, 1.807) is 13.0 Å². The van der Waals surface area contributed by atoms with Gasteiger partial charge in [0.25, 0.3) is 0 Å². The lowest BCUT2D eigenvalue weighted by Crippen LogP contribution is -2.60. The van der Waals surface area contributed by atoms with Gasteiger partial charge in [-0.15, -0.1) is 0 Å². The van der Waals surface area contributed by atoms with E-state index in [9.17, 15) is 45.0 Å². The molecular weight excluding hydrogens is 556 g/mol. The van der Waals surface area contributed by atoms with Crippen LogP contribution in [0, 0.1) is 23.7 Å². The number of aliphatic carboxylic acids is 1. The number of hydrogen-bond donors (Lipinski definition) is 7. The summed E-state index contributed by atoms with van der Waals surface area (Å²) in [6.07, 6.45) is -6.60. The van der Waals surface area contributed by atoms with E-state index in [1.807, 2.05) is 26.0 Å². The van der Waals surface area contributed by atoms with Crippen molar-refractivity contribution in [1.82, 2.24) is 0 Å². The molecule has 0 spiro atoms. The van der Waals surface area contributed by atoms with Gasteiger partial charge in [0.1, 0.15) is 24.4 Å². The Morgan fingerprint density at radius 3 is 2.38 bits per heavy atom. The van der Waals surface area contributed by atoms with Crippen LogP contribution >= 0.6 is 0 Å². The molecule has 1 aliphatic heterocycles. The molecule has 13 nitrogen and oxygen atoms in total. The van der Waals surface area contributed by atoms with E-state index >= 15 is 0 Å². The molecule has 0 aromatic rings. The number of carbonyl (C=O) groups excluding carboxylic acids is 2. The summed E-state index contributed by atoms with van der Waals surface area (Å²) in [5.74, 6) is -3.39. The second kappa shape index (κ2) is 14.9. The van der Waals surface area contributed by atoms with Crippen molar-refractivity contribution in [1.29, 1.82) is 0 Å². The minimum absolute atomic E-state index is 0.0193. The first-order valence-corrected chi connectivity index (χ1v) is 14.5. The maximum atomic E-state index is 12.6. The highest BCUT2D eigenvalue weighted by atomic mass is 16.7. The molecule has 0 radical (unpaired) electrons. The van der Waals surface area contributed by atoms with E-state index in [1.165, 1.54) is 0 Å². The quantitative estimate of drug-likeness (QED) is 0.144. The van der Waals surface area contributed by atoms with Crippen LogP contribution in [0.25, 0.3) is 0 Å². The smallest absolute Gasteiger partial charge is 0.335 e. The highest BCUT2D eigenvalue weighted by molar-refractivity contribution is 5.74. The number of aliphatic hydroxyl groups is 6. The topological polar surface area (TPSA) is 221 Å². The number of carboxylic acid groups (broad SMARTS) is 1. The molecule has 0 amide bonds. The zero-order valence-electron chi connectivity index (χ0n) is 24.1. The van der Waals surface area contributed by atoms with Crippen LogP contribution in [0.4, 0.5) is 0 Å². The first-order chi connectivity index (χ1) is 19.7. The average molecular weight is 601 g/mol. The molecule has 2 aliphatic carbocycles. The molecular formula is C29H44O13. The van der Waals surface area contributed by atoms with Gasteiger partial charge in [-0.25, -0.2) is 4.79 Å². The van der Waals surface area contributed by atoms with Gasteiger partial charge < -0.3 is 50.0 Å². The van der Waals surface area contributed by atoms with Crippen LogP contribution in [0.2, 0.25) is 0 Å². The summed E-state index contributed by atoms with van der Waals surface area (Å²) in [4.78, 5) is 36.1. The maximum absolute atomic E-state index is 12.6. The van der Waals surface area contributed by atoms with Gasteiger partial charge in [0, 0.05) is 12.3 Å². The summed E-state index contributed by atoms with van der Waals surface area (Å²) in [7, 11) is 0. The molecule has 0 aromatic carbocycles. The number of rotatable bonds is 12. The minimum atomic E-state index is -1.94. The molecule has 42 heavy (non-hydrogen) atoms. The number of allylic oxidation sites excluding steroid dienone is 2. The summed E-state index contributed by atoms with van der Waals surface area (Å²) in [5, 5.41) is 70.1. The van der Waals surface area contributed by atoms with Crippen LogP contribution in [0.1, 0.15) is 59.3 Å². The van der Waals surface area contributed by atoms with E-state index in [2.05, 4.69) is 0 Å². The van der Waals surface area contributed by atoms with Crippen LogP contribution in [-0.2, 0) is 28.6 Å². The molecule has 7 N–H and O–H groups in total. The first-order valence-electron chi connectivity index (χ1n) is 14.5. The Hall–Kier alpha value is -2.39. The summed E-state index contributed by atoms with van der Waals surface area (Å²) in [6.45, 7) is 5.72. The number of fused-ring (bicyclic) bond motifs is 1. The van der Waals surface area contributed by atoms with E-state index in [-0.39, 0.29) is 48.9 Å². The third-order valence-electron chi connectivity index (χ3n) is 8.50. The van der Waals surface area contributed by atoms with Gasteiger partial charge >= 0.3 is 17.9 Å². The second-order valence-corrected chi connectivity index (χ2v) is 11.7. The Kier molecular flexibility index (Phi) is 12.1. The third-order valence-corrected chi connectivity index (χ3v) is 8.50. The van der Waals surface area contributed by atoms with Crippen LogP contribution in [-0.4, -0.2) is 109 Å². The predicted octanol–water partition coefficient (Wildman–Crippen LogP) is -0.209. The third kappa shape index (κ3) is 8.37.